The minimum Gasteiger partial charge on any atom is -0.421 e. The molecule has 2 aromatic rings. The molecule has 25 heavy (non-hydrogen) atoms. The smallest absolute Gasteiger partial charge is 0.323 e. The van der Waals surface area contributed by atoms with Crippen molar-refractivity contribution in [3.63, 3.8) is 0 Å². The number of ether oxygens (including phenoxy) is 1. The first-order valence-electron chi connectivity index (χ1n) is 8.06. The van der Waals surface area contributed by atoms with Crippen molar-refractivity contribution in [3.8, 4) is 11.8 Å². The molecule has 126 valence electrons. The number of rotatable bonds is 3. The van der Waals surface area contributed by atoms with Crippen LogP contribution < -0.4 is 10.1 Å². The normalized spacial score (nSPS) is 15.4. The Morgan fingerprint density at radius 3 is 2.80 bits per heavy atom. The van der Waals surface area contributed by atoms with Crippen molar-refractivity contribution in [1.29, 1.82) is 0 Å². The maximum Gasteiger partial charge on any atom is 0.323 e. The highest BCUT2D eigenvalue weighted by Gasteiger charge is 2.19. The molecule has 0 spiro atoms. The number of hydrogen-bond donors (Lipinski definition) is 1. The predicted molar refractivity (Wildman–Crippen MR) is 95.5 cm³/mol. The van der Waals surface area contributed by atoms with Crippen LogP contribution in [0.1, 0.15) is 25.0 Å². The van der Waals surface area contributed by atoms with Crippen LogP contribution in [-0.2, 0) is 6.42 Å². The molecule has 6 heteroatoms. The predicted octanol–water partition coefficient (Wildman–Crippen LogP) is 4.14. The van der Waals surface area contributed by atoms with E-state index >= 15 is 0 Å². The molecule has 1 aromatic heterocycles. The molecule has 1 aliphatic heterocycles. The van der Waals surface area contributed by atoms with E-state index in [0.717, 1.165) is 23.4 Å². The quantitative estimate of drug-likeness (QED) is 0.915. The molecule has 1 N–H and O–H groups in total. The highest BCUT2D eigenvalue weighted by Crippen LogP contribution is 2.33. The number of hydrogen-bond acceptors (Lipinski definition) is 5. The van der Waals surface area contributed by atoms with E-state index in [0.29, 0.717) is 17.9 Å². The monoisotopic (exact) mass is 336 g/mol. The first-order chi connectivity index (χ1) is 12.1. The van der Waals surface area contributed by atoms with Gasteiger partial charge in [0, 0.05) is 11.8 Å². The van der Waals surface area contributed by atoms with Gasteiger partial charge in [0.1, 0.15) is 11.7 Å². The number of nitrogens with one attached hydrogen (secondary N) is 1. The number of nitrogens with zero attached hydrogens (tertiary/aromatic N) is 3. The molecule has 0 saturated carbocycles. The van der Waals surface area contributed by atoms with Gasteiger partial charge in [-0.2, -0.15) is 4.98 Å². The molecular weight excluding hydrogens is 319 g/mol. The summed E-state index contributed by atoms with van der Waals surface area (Å²) in [7, 11) is 0. The summed E-state index contributed by atoms with van der Waals surface area (Å²) in [6.07, 6.45) is 6.14. The topological polar surface area (TPSA) is 59.4 Å². The van der Waals surface area contributed by atoms with Crippen molar-refractivity contribution in [1.82, 2.24) is 9.97 Å². The van der Waals surface area contributed by atoms with E-state index < -0.39 is 0 Å². The molecule has 0 unspecified atom stereocenters. The number of aliphatic imine (C=N–C) groups is 1. The zero-order valence-corrected chi connectivity index (χ0v) is 14.0. The minimum atomic E-state index is -0.380. The van der Waals surface area contributed by atoms with Gasteiger partial charge in [0.05, 0.1) is 6.54 Å². The molecule has 0 fully saturated rings. The maximum absolute atomic E-state index is 14.6. The highest BCUT2D eigenvalue weighted by atomic mass is 19.1. The Bertz CT molecular complexity index is 946. The van der Waals surface area contributed by atoms with Gasteiger partial charge in [0.2, 0.25) is 0 Å². The molecule has 0 saturated heterocycles. The standard InChI is InChI=1S/C19H17FN4O/c1-11-7-13-3-4-15(18(20)14(13)8-11)25-19-21-6-5-16(24-19)23-17-9-12(2)10-22-17/h3-6,8-9H,7,10H2,1-2H3,(H,21,22,23,24). The zero-order valence-electron chi connectivity index (χ0n) is 14.0. The van der Waals surface area contributed by atoms with Gasteiger partial charge in [-0.25, -0.2) is 9.37 Å². The lowest BCUT2D eigenvalue weighted by Crippen LogP contribution is -2.09. The highest BCUT2D eigenvalue weighted by molar-refractivity contribution is 6.05. The second-order valence-corrected chi connectivity index (χ2v) is 6.26. The van der Waals surface area contributed by atoms with E-state index in [1.54, 1.807) is 18.3 Å². The van der Waals surface area contributed by atoms with Crippen molar-refractivity contribution in [2.75, 3.05) is 11.9 Å². The summed E-state index contributed by atoms with van der Waals surface area (Å²) in [5.41, 5.74) is 3.87. The molecule has 0 amide bonds. The lowest BCUT2D eigenvalue weighted by molar-refractivity contribution is 0.411. The Balaban J connectivity index is 1.56. The summed E-state index contributed by atoms with van der Waals surface area (Å²) in [5.74, 6) is 1.03. The third kappa shape index (κ3) is 3.15. The van der Waals surface area contributed by atoms with Gasteiger partial charge in [-0.05, 0) is 49.6 Å². The fourth-order valence-electron chi connectivity index (χ4n) is 2.90. The molecular formula is C19H17FN4O. The Hall–Kier alpha value is -3.02. The van der Waals surface area contributed by atoms with E-state index in [-0.39, 0.29) is 17.6 Å². The minimum absolute atomic E-state index is 0.0850. The second-order valence-electron chi connectivity index (χ2n) is 6.26. The third-order valence-corrected chi connectivity index (χ3v) is 4.07. The summed E-state index contributed by atoms with van der Waals surface area (Å²) in [6, 6.07) is 5.30. The van der Waals surface area contributed by atoms with Gasteiger partial charge in [0.15, 0.2) is 11.6 Å². The van der Waals surface area contributed by atoms with Crippen LogP contribution in [0.4, 0.5) is 10.2 Å². The van der Waals surface area contributed by atoms with E-state index in [9.17, 15) is 4.39 Å². The summed E-state index contributed by atoms with van der Waals surface area (Å²) in [6.45, 7) is 4.68. The fraction of sp³-hybridized carbons (Fsp3) is 0.211. The molecule has 2 aliphatic rings. The van der Waals surface area contributed by atoms with Crippen LogP contribution in [0.5, 0.6) is 11.8 Å². The van der Waals surface area contributed by atoms with Crippen molar-refractivity contribution in [3.05, 3.63) is 58.6 Å². The molecule has 1 aromatic carbocycles. The van der Waals surface area contributed by atoms with Crippen LogP contribution in [0.2, 0.25) is 0 Å². The van der Waals surface area contributed by atoms with Crippen LogP contribution in [0.25, 0.3) is 6.08 Å². The molecule has 1 aliphatic carbocycles. The molecule has 4 rings (SSSR count). The van der Waals surface area contributed by atoms with Gasteiger partial charge in [-0.15, -0.1) is 0 Å². The molecule has 0 radical (unpaired) electrons. The first-order valence-corrected chi connectivity index (χ1v) is 8.06. The van der Waals surface area contributed by atoms with Gasteiger partial charge in [-0.3, -0.25) is 4.99 Å². The van der Waals surface area contributed by atoms with Crippen molar-refractivity contribution in [2.24, 2.45) is 4.99 Å². The SMILES string of the molecule is CC1=CC(Nc2ccnc(Oc3ccc4c(c3F)C=C(C)C4)n2)=NC1. The maximum atomic E-state index is 14.6. The fourth-order valence-corrected chi connectivity index (χ4v) is 2.90. The first kappa shape index (κ1) is 15.5. The van der Waals surface area contributed by atoms with Crippen molar-refractivity contribution in [2.45, 2.75) is 20.3 Å². The van der Waals surface area contributed by atoms with Gasteiger partial charge in [0.25, 0.3) is 0 Å². The van der Waals surface area contributed by atoms with E-state index in [4.69, 9.17) is 4.74 Å². The van der Waals surface area contributed by atoms with Crippen molar-refractivity contribution < 1.29 is 9.13 Å². The van der Waals surface area contributed by atoms with Crippen LogP contribution >= 0.6 is 0 Å². The van der Waals surface area contributed by atoms with E-state index in [1.165, 1.54) is 5.57 Å². The summed E-state index contributed by atoms with van der Waals surface area (Å²) >= 11 is 0. The van der Waals surface area contributed by atoms with Crippen LogP contribution in [0.15, 0.2) is 46.6 Å². The van der Waals surface area contributed by atoms with Gasteiger partial charge >= 0.3 is 6.01 Å². The Morgan fingerprint density at radius 2 is 2.00 bits per heavy atom. The van der Waals surface area contributed by atoms with Gasteiger partial charge < -0.3 is 10.1 Å². The van der Waals surface area contributed by atoms with Crippen molar-refractivity contribution >= 4 is 17.7 Å². The Labute approximate surface area is 145 Å². The zero-order chi connectivity index (χ0) is 17.4. The van der Waals surface area contributed by atoms with Crippen LogP contribution in [0.3, 0.4) is 0 Å². The lowest BCUT2D eigenvalue weighted by Gasteiger charge is -2.09. The number of amidine groups is 1. The number of halogens is 1. The second kappa shape index (κ2) is 6.12. The average molecular weight is 336 g/mol. The summed E-state index contributed by atoms with van der Waals surface area (Å²) < 4.78 is 20.2. The number of allylic oxidation sites excluding steroid dienone is 1. The number of aromatic nitrogens is 2. The van der Waals surface area contributed by atoms with E-state index in [1.807, 2.05) is 32.1 Å². The summed E-state index contributed by atoms with van der Waals surface area (Å²) in [5, 5.41) is 3.10. The Morgan fingerprint density at radius 1 is 1.12 bits per heavy atom. The van der Waals surface area contributed by atoms with Crippen LogP contribution in [0, 0.1) is 5.82 Å². The third-order valence-electron chi connectivity index (χ3n) is 4.07. The number of benzene rings is 1. The summed E-state index contributed by atoms with van der Waals surface area (Å²) in [4.78, 5) is 12.7. The average Bonchev–Trinajstić information content (AvgIpc) is 3.16. The molecule has 2 heterocycles. The number of anilines is 1. The van der Waals surface area contributed by atoms with Gasteiger partial charge in [-0.1, -0.05) is 17.7 Å². The molecule has 0 bridgehead atoms. The number of fused-ring (bicyclic) bond motifs is 1. The molecule has 5 nitrogen and oxygen atoms in total. The van der Waals surface area contributed by atoms with Crippen LogP contribution in [-0.4, -0.2) is 22.3 Å². The van der Waals surface area contributed by atoms with E-state index in [2.05, 4.69) is 20.3 Å². The largest absolute Gasteiger partial charge is 0.421 e. The Kier molecular flexibility index (Phi) is 3.80. The lowest BCUT2D eigenvalue weighted by atomic mass is 10.1. The molecule has 0 atom stereocenters.